The lowest BCUT2D eigenvalue weighted by atomic mass is 9.71. The molecule has 5 nitrogen and oxygen atoms in total. The molecule has 2 heterocycles. The van der Waals surface area contributed by atoms with Gasteiger partial charge in [-0.3, -0.25) is 0 Å². The van der Waals surface area contributed by atoms with Gasteiger partial charge in [0, 0.05) is 25.2 Å². The van der Waals surface area contributed by atoms with E-state index in [9.17, 15) is 5.11 Å². The van der Waals surface area contributed by atoms with Gasteiger partial charge in [-0.05, 0) is 25.3 Å². The molecule has 2 fully saturated rings. The number of rotatable bonds is 1. The monoisotopic (exact) mass is 248 g/mol. The molecule has 2 atom stereocenters. The molecule has 0 amide bonds. The molecular formula is C13H20N4O. The van der Waals surface area contributed by atoms with Gasteiger partial charge in [0.15, 0.2) is 0 Å². The number of hydrogen-bond donors (Lipinski definition) is 2. The van der Waals surface area contributed by atoms with E-state index in [-0.39, 0.29) is 0 Å². The summed E-state index contributed by atoms with van der Waals surface area (Å²) in [6.45, 7) is 1.73. The predicted molar refractivity (Wildman–Crippen MR) is 70.2 cm³/mol. The van der Waals surface area contributed by atoms with Crippen LogP contribution in [0.2, 0.25) is 0 Å². The number of aromatic nitrogens is 2. The molecule has 1 saturated heterocycles. The molecule has 1 aromatic rings. The van der Waals surface area contributed by atoms with E-state index in [0.29, 0.717) is 11.9 Å². The van der Waals surface area contributed by atoms with Gasteiger partial charge in [-0.25, -0.2) is 4.98 Å². The number of fused-ring (bicyclic) bond motifs is 1. The number of nitrogens with two attached hydrogens (primary N) is 1. The highest BCUT2D eigenvalue weighted by atomic mass is 16.3. The predicted octanol–water partition coefficient (Wildman–Crippen LogP) is 1.19. The molecule has 0 aromatic carbocycles. The summed E-state index contributed by atoms with van der Waals surface area (Å²) in [5.41, 5.74) is 5.19. The SMILES string of the molecule is Nc1nccc(N2CCC3(O)CCCCC3C2)n1. The van der Waals surface area contributed by atoms with E-state index in [4.69, 9.17) is 5.73 Å². The van der Waals surface area contributed by atoms with Crippen LogP contribution in [-0.4, -0.2) is 33.8 Å². The van der Waals surface area contributed by atoms with Crippen molar-refractivity contribution in [3.63, 3.8) is 0 Å². The minimum atomic E-state index is -0.437. The maximum atomic E-state index is 10.6. The maximum absolute atomic E-state index is 10.6. The van der Waals surface area contributed by atoms with Crippen LogP contribution in [0.5, 0.6) is 0 Å². The Morgan fingerprint density at radius 2 is 2.28 bits per heavy atom. The lowest BCUT2D eigenvalue weighted by Gasteiger charge is -2.47. The van der Waals surface area contributed by atoms with Gasteiger partial charge in [0.1, 0.15) is 5.82 Å². The van der Waals surface area contributed by atoms with Gasteiger partial charge < -0.3 is 15.7 Å². The van der Waals surface area contributed by atoms with Crippen molar-refractivity contribution < 1.29 is 5.11 Å². The fourth-order valence-electron chi connectivity index (χ4n) is 3.32. The van der Waals surface area contributed by atoms with Crippen LogP contribution in [0.25, 0.3) is 0 Å². The Hall–Kier alpha value is -1.36. The highest BCUT2D eigenvalue weighted by Crippen LogP contribution is 2.40. The van der Waals surface area contributed by atoms with Crippen LogP contribution in [0.15, 0.2) is 12.3 Å². The molecule has 0 radical (unpaired) electrons. The molecule has 2 aliphatic rings. The Morgan fingerprint density at radius 1 is 1.39 bits per heavy atom. The molecule has 1 aromatic heterocycles. The summed E-state index contributed by atoms with van der Waals surface area (Å²) in [7, 11) is 0. The summed E-state index contributed by atoms with van der Waals surface area (Å²) < 4.78 is 0. The minimum absolute atomic E-state index is 0.317. The summed E-state index contributed by atoms with van der Waals surface area (Å²) in [4.78, 5) is 10.4. The number of piperidine rings is 1. The second-order valence-electron chi connectivity index (χ2n) is 5.52. The van der Waals surface area contributed by atoms with Crippen LogP contribution >= 0.6 is 0 Å². The minimum Gasteiger partial charge on any atom is -0.389 e. The third-order valence-corrected chi connectivity index (χ3v) is 4.41. The van der Waals surface area contributed by atoms with Gasteiger partial charge >= 0.3 is 0 Å². The van der Waals surface area contributed by atoms with Crippen LogP contribution in [0.4, 0.5) is 11.8 Å². The topological polar surface area (TPSA) is 75.3 Å². The van der Waals surface area contributed by atoms with E-state index in [2.05, 4.69) is 14.9 Å². The Morgan fingerprint density at radius 3 is 3.11 bits per heavy atom. The highest BCUT2D eigenvalue weighted by molar-refractivity contribution is 5.41. The van der Waals surface area contributed by atoms with Gasteiger partial charge in [0.05, 0.1) is 5.60 Å². The van der Waals surface area contributed by atoms with Crippen molar-refractivity contribution in [2.24, 2.45) is 5.92 Å². The fraction of sp³-hybridized carbons (Fsp3) is 0.692. The number of anilines is 2. The molecule has 1 aliphatic carbocycles. The summed E-state index contributed by atoms with van der Waals surface area (Å²) in [5, 5.41) is 10.6. The lowest BCUT2D eigenvalue weighted by molar-refractivity contribution is -0.0613. The Bertz CT molecular complexity index is 439. The second-order valence-corrected chi connectivity index (χ2v) is 5.52. The molecule has 1 aliphatic heterocycles. The lowest BCUT2D eigenvalue weighted by Crippen LogP contribution is -2.53. The molecule has 3 rings (SSSR count). The van der Waals surface area contributed by atoms with E-state index >= 15 is 0 Å². The van der Waals surface area contributed by atoms with Gasteiger partial charge in [-0.15, -0.1) is 0 Å². The van der Waals surface area contributed by atoms with Crippen molar-refractivity contribution in [3.05, 3.63) is 12.3 Å². The van der Waals surface area contributed by atoms with Crippen LogP contribution in [0, 0.1) is 5.92 Å². The maximum Gasteiger partial charge on any atom is 0.221 e. The Balaban J connectivity index is 1.77. The summed E-state index contributed by atoms with van der Waals surface area (Å²) in [5.74, 6) is 1.57. The van der Waals surface area contributed by atoms with Crippen molar-refractivity contribution >= 4 is 11.8 Å². The largest absolute Gasteiger partial charge is 0.389 e. The third kappa shape index (κ3) is 2.03. The summed E-state index contributed by atoms with van der Waals surface area (Å²) in [6.07, 6.45) is 6.99. The van der Waals surface area contributed by atoms with Crippen molar-refractivity contribution in [2.45, 2.75) is 37.7 Å². The molecule has 3 N–H and O–H groups in total. The Kier molecular flexibility index (Phi) is 2.86. The quantitative estimate of drug-likeness (QED) is 0.781. The second kappa shape index (κ2) is 4.39. The number of aliphatic hydroxyl groups is 1. The summed E-state index contributed by atoms with van der Waals surface area (Å²) >= 11 is 0. The van der Waals surface area contributed by atoms with Gasteiger partial charge in [0.25, 0.3) is 0 Å². The van der Waals surface area contributed by atoms with Crippen LogP contribution in [-0.2, 0) is 0 Å². The van der Waals surface area contributed by atoms with Crippen molar-refractivity contribution in [1.29, 1.82) is 0 Å². The first kappa shape index (κ1) is 11.7. The zero-order valence-electron chi connectivity index (χ0n) is 10.5. The number of nitrogens with zero attached hydrogens (tertiary/aromatic N) is 3. The molecule has 0 spiro atoms. The van der Waals surface area contributed by atoms with E-state index < -0.39 is 5.60 Å². The third-order valence-electron chi connectivity index (χ3n) is 4.41. The standard InChI is InChI=1S/C13H20N4O/c14-12-15-7-4-11(16-12)17-8-6-13(18)5-2-1-3-10(13)9-17/h4,7,10,18H,1-3,5-6,8-9H2,(H2,14,15,16). The first-order chi connectivity index (χ1) is 8.67. The molecule has 1 saturated carbocycles. The average Bonchev–Trinajstić information content (AvgIpc) is 2.37. The van der Waals surface area contributed by atoms with Crippen molar-refractivity contribution in [1.82, 2.24) is 9.97 Å². The first-order valence-electron chi connectivity index (χ1n) is 6.73. The fourth-order valence-corrected chi connectivity index (χ4v) is 3.32. The zero-order valence-corrected chi connectivity index (χ0v) is 10.5. The highest BCUT2D eigenvalue weighted by Gasteiger charge is 2.42. The average molecular weight is 248 g/mol. The van der Waals surface area contributed by atoms with Crippen LogP contribution in [0.1, 0.15) is 32.1 Å². The molecule has 2 unspecified atom stereocenters. The normalized spacial score (nSPS) is 32.1. The van der Waals surface area contributed by atoms with E-state index in [1.807, 2.05) is 6.07 Å². The molecule has 18 heavy (non-hydrogen) atoms. The Labute approximate surface area is 107 Å². The van der Waals surface area contributed by atoms with Crippen LogP contribution in [0.3, 0.4) is 0 Å². The smallest absolute Gasteiger partial charge is 0.221 e. The number of nitrogen functional groups attached to an aromatic ring is 1. The number of hydrogen-bond acceptors (Lipinski definition) is 5. The van der Waals surface area contributed by atoms with Crippen molar-refractivity contribution in [2.75, 3.05) is 23.7 Å². The van der Waals surface area contributed by atoms with E-state index in [1.54, 1.807) is 6.20 Å². The van der Waals surface area contributed by atoms with Gasteiger partial charge in [-0.1, -0.05) is 12.8 Å². The zero-order chi connectivity index (χ0) is 12.6. The molecule has 5 heteroatoms. The van der Waals surface area contributed by atoms with Crippen molar-refractivity contribution in [3.8, 4) is 0 Å². The van der Waals surface area contributed by atoms with Gasteiger partial charge in [0.2, 0.25) is 5.95 Å². The molecular weight excluding hydrogens is 228 g/mol. The first-order valence-corrected chi connectivity index (χ1v) is 6.73. The molecule has 0 bridgehead atoms. The van der Waals surface area contributed by atoms with Crippen LogP contribution < -0.4 is 10.6 Å². The van der Waals surface area contributed by atoms with E-state index in [1.165, 1.54) is 6.42 Å². The van der Waals surface area contributed by atoms with Gasteiger partial charge in [-0.2, -0.15) is 4.98 Å². The molecule has 98 valence electrons. The van der Waals surface area contributed by atoms with E-state index in [0.717, 1.165) is 44.6 Å². The summed E-state index contributed by atoms with van der Waals surface area (Å²) in [6, 6.07) is 1.89.